The van der Waals surface area contributed by atoms with Gasteiger partial charge in [-0.2, -0.15) is 0 Å². The Kier molecular flexibility index (Phi) is 3.61. The molecule has 1 atom stereocenters. The summed E-state index contributed by atoms with van der Waals surface area (Å²) in [6, 6.07) is 5.77. The van der Waals surface area contributed by atoms with Gasteiger partial charge in [0, 0.05) is 11.3 Å². The smallest absolute Gasteiger partial charge is 0.183 e. The van der Waals surface area contributed by atoms with Gasteiger partial charge in [-0.25, -0.2) is 4.68 Å². The highest BCUT2D eigenvalue weighted by atomic mass is 35.5. The van der Waals surface area contributed by atoms with Crippen molar-refractivity contribution in [3.63, 3.8) is 0 Å². The summed E-state index contributed by atoms with van der Waals surface area (Å²) in [6.07, 6.45) is 4.81. The molecule has 2 aromatic rings. The lowest BCUT2D eigenvalue weighted by atomic mass is 10.1. The first kappa shape index (κ1) is 13.4. The number of rotatable bonds is 5. The predicted octanol–water partition coefficient (Wildman–Crippen LogP) is 3.33. The van der Waals surface area contributed by atoms with Crippen LogP contribution in [-0.4, -0.2) is 20.2 Å². The van der Waals surface area contributed by atoms with Crippen LogP contribution in [0.15, 0.2) is 18.2 Å². The zero-order chi connectivity index (χ0) is 14.1. The number of tetrazole rings is 1. The van der Waals surface area contributed by atoms with E-state index in [1.54, 1.807) is 6.07 Å². The molecule has 1 aromatic carbocycles. The molecular weight excluding hydrogens is 274 g/mol. The van der Waals surface area contributed by atoms with Gasteiger partial charge in [-0.3, -0.25) is 0 Å². The SMILES string of the molecule is CCC(CC1CC1)n1nnnc1-c1ccc(N)cc1Cl. The summed E-state index contributed by atoms with van der Waals surface area (Å²) >= 11 is 6.27. The second-order valence-electron chi connectivity index (χ2n) is 5.43. The fraction of sp³-hybridized carbons (Fsp3) is 0.500. The molecule has 3 rings (SSSR count). The van der Waals surface area contributed by atoms with Gasteiger partial charge in [0.05, 0.1) is 11.1 Å². The van der Waals surface area contributed by atoms with E-state index in [1.165, 1.54) is 12.8 Å². The van der Waals surface area contributed by atoms with E-state index in [2.05, 4.69) is 22.4 Å². The lowest BCUT2D eigenvalue weighted by molar-refractivity contribution is 0.388. The van der Waals surface area contributed by atoms with E-state index in [1.807, 2.05) is 16.8 Å². The molecule has 0 bridgehead atoms. The molecule has 0 radical (unpaired) electrons. The normalized spacial score (nSPS) is 16.3. The molecule has 6 heteroatoms. The predicted molar refractivity (Wildman–Crippen MR) is 79.3 cm³/mol. The summed E-state index contributed by atoms with van der Waals surface area (Å²) in [5.74, 6) is 1.56. The third kappa shape index (κ3) is 2.63. The van der Waals surface area contributed by atoms with E-state index in [-0.39, 0.29) is 0 Å². The van der Waals surface area contributed by atoms with Crippen LogP contribution < -0.4 is 5.73 Å². The van der Waals surface area contributed by atoms with Crippen molar-refractivity contribution in [1.29, 1.82) is 0 Å². The van der Waals surface area contributed by atoms with Crippen LogP contribution in [0.5, 0.6) is 0 Å². The quantitative estimate of drug-likeness (QED) is 0.858. The Labute approximate surface area is 123 Å². The van der Waals surface area contributed by atoms with E-state index in [4.69, 9.17) is 17.3 Å². The van der Waals surface area contributed by atoms with Gasteiger partial charge in [0.2, 0.25) is 0 Å². The number of nitrogens with two attached hydrogens (primary N) is 1. The summed E-state index contributed by atoms with van der Waals surface area (Å²) in [5, 5.41) is 12.7. The molecule has 20 heavy (non-hydrogen) atoms. The highest BCUT2D eigenvalue weighted by molar-refractivity contribution is 6.33. The largest absolute Gasteiger partial charge is 0.399 e. The summed E-state index contributed by atoms with van der Waals surface area (Å²) in [4.78, 5) is 0. The molecule has 1 aliphatic rings. The minimum absolute atomic E-state index is 0.334. The monoisotopic (exact) mass is 291 g/mol. The molecule has 0 spiro atoms. The highest BCUT2D eigenvalue weighted by Crippen LogP contribution is 2.39. The minimum Gasteiger partial charge on any atom is -0.399 e. The zero-order valence-corrected chi connectivity index (χ0v) is 12.2. The molecule has 0 aliphatic heterocycles. The molecule has 1 fully saturated rings. The van der Waals surface area contributed by atoms with Gasteiger partial charge in [-0.05, 0) is 47.4 Å². The molecule has 1 unspecified atom stereocenters. The first-order chi connectivity index (χ1) is 9.69. The molecule has 0 saturated heterocycles. The Morgan fingerprint density at radius 3 is 2.90 bits per heavy atom. The van der Waals surface area contributed by atoms with Crippen molar-refractivity contribution in [2.75, 3.05) is 5.73 Å². The molecule has 1 heterocycles. The molecule has 5 nitrogen and oxygen atoms in total. The van der Waals surface area contributed by atoms with Crippen LogP contribution in [0.3, 0.4) is 0 Å². The lowest BCUT2D eigenvalue weighted by Gasteiger charge is -2.16. The van der Waals surface area contributed by atoms with E-state index >= 15 is 0 Å². The minimum atomic E-state index is 0.334. The van der Waals surface area contributed by atoms with Gasteiger partial charge < -0.3 is 5.73 Å². The van der Waals surface area contributed by atoms with Gasteiger partial charge in [-0.15, -0.1) is 5.10 Å². The van der Waals surface area contributed by atoms with E-state index in [0.717, 1.165) is 30.1 Å². The number of hydrogen-bond acceptors (Lipinski definition) is 4. The summed E-state index contributed by atoms with van der Waals surface area (Å²) < 4.78 is 1.91. The standard InChI is InChI=1S/C14H18ClN5/c1-2-11(7-9-3-4-9)20-14(17-18-19-20)12-6-5-10(16)8-13(12)15/h5-6,8-9,11H,2-4,7,16H2,1H3. The van der Waals surface area contributed by atoms with E-state index in [9.17, 15) is 0 Å². The molecule has 106 valence electrons. The fourth-order valence-corrected chi connectivity index (χ4v) is 2.78. The zero-order valence-electron chi connectivity index (χ0n) is 11.5. The van der Waals surface area contributed by atoms with Crippen molar-refractivity contribution in [2.45, 2.75) is 38.6 Å². The molecular formula is C14H18ClN5. The Hall–Kier alpha value is -1.62. The lowest BCUT2D eigenvalue weighted by Crippen LogP contribution is -2.12. The molecule has 2 N–H and O–H groups in total. The van der Waals surface area contributed by atoms with Crippen LogP contribution in [0.4, 0.5) is 5.69 Å². The summed E-state index contributed by atoms with van der Waals surface area (Å²) in [5.41, 5.74) is 7.21. The van der Waals surface area contributed by atoms with Crippen molar-refractivity contribution in [1.82, 2.24) is 20.2 Å². The highest BCUT2D eigenvalue weighted by Gasteiger charge is 2.28. The van der Waals surface area contributed by atoms with Crippen molar-refractivity contribution in [3.05, 3.63) is 23.2 Å². The number of hydrogen-bond donors (Lipinski definition) is 1. The van der Waals surface area contributed by atoms with E-state index in [0.29, 0.717) is 16.8 Å². The van der Waals surface area contributed by atoms with Gasteiger partial charge >= 0.3 is 0 Å². The fourth-order valence-electron chi connectivity index (χ4n) is 2.51. The maximum atomic E-state index is 6.27. The van der Waals surface area contributed by atoms with Crippen LogP contribution in [0.1, 0.15) is 38.6 Å². The Morgan fingerprint density at radius 1 is 1.45 bits per heavy atom. The second kappa shape index (κ2) is 5.40. The summed E-state index contributed by atoms with van der Waals surface area (Å²) in [7, 11) is 0. The average molecular weight is 292 g/mol. The topological polar surface area (TPSA) is 69.6 Å². The van der Waals surface area contributed by atoms with Crippen LogP contribution in [-0.2, 0) is 0 Å². The maximum Gasteiger partial charge on any atom is 0.183 e. The van der Waals surface area contributed by atoms with Gasteiger partial charge in [-0.1, -0.05) is 31.4 Å². The number of halogens is 1. The van der Waals surface area contributed by atoms with Crippen LogP contribution >= 0.6 is 11.6 Å². The number of benzene rings is 1. The van der Waals surface area contributed by atoms with Crippen LogP contribution in [0.2, 0.25) is 5.02 Å². The first-order valence-corrected chi connectivity index (χ1v) is 7.40. The number of anilines is 1. The number of nitrogen functional groups attached to an aromatic ring is 1. The third-order valence-corrected chi connectivity index (χ3v) is 4.16. The average Bonchev–Trinajstić information content (AvgIpc) is 3.12. The van der Waals surface area contributed by atoms with Crippen LogP contribution in [0.25, 0.3) is 11.4 Å². The molecule has 1 saturated carbocycles. The van der Waals surface area contributed by atoms with Crippen molar-refractivity contribution in [2.24, 2.45) is 5.92 Å². The molecule has 0 amide bonds. The maximum absolute atomic E-state index is 6.27. The Morgan fingerprint density at radius 2 is 2.25 bits per heavy atom. The van der Waals surface area contributed by atoms with Crippen molar-refractivity contribution < 1.29 is 0 Å². The summed E-state index contributed by atoms with van der Waals surface area (Å²) in [6.45, 7) is 2.17. The van der Waals surface area contributed by atoms with Gasteiger partial charge in [0.1, 0.15) is 0 Å². The van der Waals surface area contributed by atoms with Gasteiger partial charge in [0.15, 0.2) is 5.82 Å². The number of nitrogens with zero attached hydrogens (tertiary/aromatic N) is 4. The number of aromatic nitrogens is 4. The second-order valence-corrected chi connectivity index (χ2v) is 5.83. The Bertz CT molecular complexity index is 605. The van der Waals surface area contributed by atoms with Crippen molar-refractivity contribution >= 4 is 17.3 Å². The van der Waals surface area contributed by atoms with Crippen molar-refractivity contribution in [3.8, 4) is 11.4 Å². The first-order valence-electron chi connectivity index (χ1n) is 7.02. The van der Waals surface area contributed by atoms with Crippen LogP contribution in [0, 0.1) is 5.92 Å². The molecule has 1 aromatic heterocycles. The Balaban J connectivity index is 1.95. The van der Waals surface area contributed by atoms with Gasteiger partial charge in [0.25, 0.3) is 0 Å². The molecule has 1 aliphatic carbocycles. The third-order valence-electron chi connectivity index (χ3n) is 3.85. The van der Waals surface area contributed by atoms with E-state index < -0.39 is 0 Å².